The first-order valence-corrected chi connectivity index (χ1v) is 8.10. The molecule has 1 amide bonds. The van der Waals surface area contributed by atoms with Gasteiger partial charge in [-0.1, -0.05) is 43.2 Å². The molecule has 3 nitrogen and oxygen atoms in total. The monoisotopic (exact) mass is 288 g/mol. The molecule has 0 aromatic heterocycles. The summed E-state index contributed by atoms with van der Waals surface area (Å²) in [4.78, 5) is 14.3. The predicted molar refractivity (Wildman–Crippen MR) is 87.3 cm³/mol. The molecule has 1 aliphatic carbocycles. The molecule has 0 unspecified atom stereocenters. The maximum absolute atomic E-state index is 12.0. The Morgan fingerprint density at radius 2 is 1.86 bits per heavy atom. The van der Waals surface area contributed by atoms with E-state index < -0.39 is 0 Å². The summed E-state index contributed by atoms with van der Waals surface area (Å²) in [6.45, 7) is 0.796. The highest BCUT2D eigenvalue weighted by atomic mass is 16.1. The zero-order valence-corrected chi connectivity index (χ0v) is 13.4. The number of carbonyl (C=O) groups is 1. The Labute approximate surface area is 128 Å². The van der Waals surface area contributed by atoms with Crippen LogP contribution in [-0.2, 0) is 11.2 Å². The van der Waals surface area contributed by atoms with Crippen molar-refractivity contribution in [3.8, 4) is 0 Å². The van der Waals surface area contributed by atoms with Gasteiger partial charge >= 0.3 is 0 Å². The highest BCUT2D eigenvalue weighted by Gasteiger charge is 2.35. The van der Waals surface area contributed by atoms with Crippen molar-refractivity contribution in [2.45, 2.75) is 50.5 Å². The first-order chi connectivity index (χ1) is 10.1. The van der Waals surface area contributed by atoms with E-state index in [4.69, 9.17) is 0 Å². The summed E-state index contributed by atoms with van der Waals surface area (Å²) in [7, 11) is 4.26. The maximum atomic E-state index is 12.0. The minimum Gasteiger partial charge on any atom is -0.354 e. The van der Waals surface area contributed by atoms with Crippen molar-refractivity contribution in [3.63, 3.8) is 0 Å². The summed E-state index contributed by atoms with van der Waals surface area (Å²) >= 11 is 0. The van der Waals surface area contributed by atoms with Crippen molar-refractivity contribution < 1.29 is 4.79 Å². The van der Waals surface area contributed by atoms with E-state index in [-0.39, 0.29) is 11.4 Å². The highest BCUT2D eigenvalue weighted by molar-refractivity contribution is 5.75. The number of likely N-dealkylation sites (N-methyl/N-ethyl adjacent to an activating group) is 1. The fourth-order valence-corrected chi connectivity index (χ4v) is 3.26. The molecular formula is C18H28N2O. The Balaban J connectivity index is 1.70. The summed E-state index contributed by atoms with van der Waals surface area (Å²) in [5.41, 5.74) is 1.50. The summed E-state index contributed by atoms with van der Waals surface area (Å²) in [5, 5.41) is 3.15. The van der Waals surface area contributed by atoms with Gasteiger partial charge in [-0.15, -0.1) is 0 Å². The van der Waals surface area contributed by atoms with E-state index in [9.17, 15) is 4.79 Å². The summed E-state index contributed by atoms with van der Waals surface area (Å²) in [6.07, 6.45) is 7.48. The van der Waals surface area contributed by atoms with E-state index in [1.807, 2.05) is 6.07 Å². The Hall–Kier alpha value is -1.35. The number of aryl methyl sites for hydroxylation is 1. The van der Waals surface area contributed by atoms with Gasteiger partial charge in [0.25, 0.3) is 0 Å². The summed E-state index contributed by atoms with van der Waals surface area (Å²) in [6, 6.07) is 10.4. The molecule has 1 aromatic rings. The SMILES string of the molecule is CN(C)C1(CNC(=O)CCCc2ccccc2)CCCC1. The Morgan fingerprint density at radius 1 is 1.19 bits per heavy atom. The van der Waals surface area contributed by atoms with E-state index in [0.29, 0.717) is 6.42 Å². The van der Waals surface area contributed by atoms with Crippen molar-refractivity contribution in [1.29, 1.82) is 0 Å². The molecule has 0 saturated heterocycles. The lowest BCUT2D eigenvalue weighted by atomic mass is 9.96. The minimum atomic E-state index is 0.190. The van der Waals surface area contributed by atoms with Crippen LogP contribution in [0, 0.1) is 0 Å². The number of carbonyl (C=O) groups excluding carboxylic acids is 1. The smallest absolute Gasteiger partial charge is 0.220 e. The molecule has 2 rings (SSSR count). The van der Waals surface area contributed by atoms with Gasteiger partial charge in [-0.2, -0.15) is 0 Å². The van der Waals surface area contributed by atoms with Crippen molar-refractivity contribution in [2.24, 2.45) is 0 Å². The van der Waals surface area contributed by atoms with Gasteiger partial charge in [0.1, 0.15) is 0 Å². The molecule has 1 fully saturated rings. The highest BCUT2D eigenvalue weighted by Crippen LogP contribution is 2.33. The number of rotatable bonds is 7. The Morgan fingerprint density at radius 3 is 2.48 bits per heavy atom. The van der Waals surface area contributed by atoms with Crippen LogP contribution in [0.2, 0.25) is 0 Å². The predicted octanol–water partition coefficient (Wildman–Crippen LogP) is 3.00. The number of hydrogen-bond acceptors (Lipinski definition) is 2. The standard InChI is InChI=1S/C18H28N2O/c1-20(2)18(13-6-7-14-18)15-19-17(21)12-8-11-16-9-4-3-5-10-16/h3-5,9-10H,6-8,11-15H2,1-2H3,(H,19,21). The van der Waals surface area contributed by atoms with Gasteiger partial charge in [-0.05, 0) is 45.3 Å². The van der Waals surface area contributed by atoms with Crippen LogP contribution >= 0.6 is 0 Å². The molecule has 1 N–H and O–H groups in total. The van der Waals surface area contributed by atoms with Crippen LogP contribution in [0.4, 0.5) is 0 Å². The van der Waals surface area contributed by atoms with E-state index in [2.05, 4.69) is 48.6 Å². The summed E-state index contributed by atoms with van der Waals surface area (Å²) in [5.74, 6) is 0.194. The van der Waals surface area contributed by atoms with Gasteiger partial charge in [-0.25, -0.2) is 0 Å². The fraction of sp³-hybridized carbons (Fsp3) is 0.611. The molecule has 21 heavy (non-hydrogen) atoms. The van der Waals surface area contributed by atoms with Crippen molar-refractivity contribution in [2.75, 3.05) is 20.6 Å². The van der Waals surface area contributed by atoms with E-state index in [0.717, 1.165) is 19.4 Å². The van der Waals surface area contributed by atoms with Crippen LogP contribution in [0.15, 0.2) is 30.3 Å². The molecule has 0 radical (unpaired) electrons. The van der Waals surface area contributed by atoms with E-state index >= 15 is 0 Å². The first-order valence-electron chi connectivity index (χ1n) is 8.10. The third-order valence-corrected chi connectivity index (χ3v) is 4.81. The average molecular weight is 288 g/mol. The lowest BCUT2D eigenvalue weighted by Gasteiger charge is -2.36. The van der Waals surface area contributed by atoms with Crippen LogP contribution in [0.5, 0.6) is 0 Å². The van der Waals surface area contributed by atoms with Gasteiger partial charge in [0.05, 0.1) is 0 Å². The molecule has 3 heteroatoms. The Kier molecular flexibility index (Phi) is 5.80. The van der Waals surface area contributed by atoms with Crippen molar-refractivity contribution in [3.05, 3.63) is 35.9 Å². The number of nitrogens with one attached hydrogen (secondary N) is 1. The number of nitrogens with zero attached hydrogens (tertiary/aromatic N) is 1. The second kappa shape index (κ2) is 7.60. The number of amides is 1. The second-order valence-corrected chi connectivity index (χ2v) is 6.44. The molecule has 0 atom stereocenters. The maximum Gasteiger partial charge on any atom is 0.220 e. The Bertz CT molecular complexity index is 436. The van der Waals surface area contributed by atoms with E-state index in [1.54, 1.807) is 0 Å². The molecular weight excluding hydrogens is 260 g/mol. The number of benzene rings is 1. The lowest BCUT2D eigenvalue weighted by Crippen LogP contribution is -2.50. The third kappa shape index (κ3) is 4.57. The van der Waals surface area contributed by atoms with Gasteiger partial charge < -0.3 is 10.2 Å². The molecule has 1 aliphatic rings. The van der Waals surface area contributed by atoms with Crippen molar-refractivity contribution >= 4 is 5.91 Å². The third-order valence-electron chi connectivity index (χ3n) is 4.81. The van der Waals surface area contributed by atoms with E-state index in [1.165, 1.54) is 31.2 Å². The van der Waals surface area contributed by atoms with Gasteiger partial charge in [0.2, 0.25) is 5.91 Å². The van der Waals surface area contributed by atoms with Gasteiger partial charge in [-0.3, -0.25) is 4.79 Å². The quantitative estimate of drug-likeness (QED) is 0.836. The zero-order chi connectivity index (χ0) is 15.1. The molecule has 0 heterocycles. The zero-order valence-electron chi connectivity index (χ0n) is 13.4. The van der Waals surface area contributed by atoms with Crippen molar-refractivity contribution in [1.82, 2.24) is 10.2 Å². The normalized spacial score (nSPS) is 17.1. The van der Waals surface area contributed by atoms with Crippen LogP contribution < -0.4 is 5.32 Å². The van der Waals surface area contributed by atoms with Crippen LogP contribution in [-0.4, -0.2) is 37.0 Å². The lowest BCUT2D eigenvalue weighted by molar-refractivity contribution is -0.121. The molecule has 0 spiro atoms. The van der Waals surface area contributed by atoms with Crippen LogP contribution in [0.3, 0.4) is 0 Å². The largest absolute Gasteiger partial charge is 0.354 e. The topological polar surface area (TPSA) is 32.3 Å². The molecule has 1 saturated carbocycles. The average Bonchev–Trinajstić information content (AvgIpc) is 2.96. The minimum absolute atomic E-state index is 0.190. The van der Waals surface area contributed by atoms with Crippen LogP contribution in [0.1, 0.15) is 44.1 Å². The first kappa shape index (κ1) is 16.0. The second-order valence-electron chi connectivity index (χ2n) is 6.44. The van der Waals surface area contributed by atoms with Crippen LogP contribution in [0.25, 0.3) is 0 Å². The number of hydrogen-bond donors (Lipinski definition) is 1. The summed E-state index contributed by atoms with van der Waals surface area (Å²) < 4.78 is 0. The fourth-order valence-electron chi connectivity index (χ4n) is 3.26. The van der Waals surface area contributed by atoms with Gasteiger partial charge in [0, 0.05) is 18.5 Å². The molecule has 0 bridgehead atoms. The molecule has 116 valence electrons. The molecule has 0 aliphatic heterocycles. The van der Waals surface area contributed by atoms with Gasteiger partial charge in [0.15, 0.2) is 0 Å². The molecule has 1 aromatic carbocycles.